The zero-order chi connectivity index (χ0) is 17.9. The third-order valence-corrected chi connectivity index (χ3v) is 5.68. The number of aromatic nitrogens is 3. The molecule has 28 heavy (non-hydrogen) atoms. The van der Waals surface area contributed by atoms with Gasteiger partial charge in [-0.2, -0.15) is 4.98 Å². The number of hydrogen-bond donors (Lipinski definition) is 2. The number of hydrogen-bond acceptors (Lipinski definition) is 6. The lowest BCUT2D eigenvalue weighted by Gasteiger charge is -2.45. The molecule has 0 saturated heterocycles. The molecule has 4 rings (SSSR count). The molecule has 2 aliphatic rings. The molecule has 2 aromatic rings. The van der Waals surface area contributed by atoms with E-state index in [2.05, 4.69) is 20.4 Å². The van der Waals surface area contributed by atoms with Crippen molar-refractivity contribution < 1.29 is 9.32 Å². The molecule has 2 aromatic heterocycles. The summed E-state index contributed by atoms with van der Waals surface area (Å²) in [6, 6.07) is 4.23. The summed E-state index contributed by atoms with van der Waals surface area (Å²) in [5.41, 5.74) is 7.01. The fraction of sp³-hybridized carbons (Fsp3) is 0.579. The second kappa shape index (κ2) is 10.2. The Balaban J connectivity index is 0.00000140. The monoisotopic (exact) mass is 427 g/mol. The molecule has 2 heterocycles. The van der Waals surface area contributed by atoms with Crippen LogP contribution in [0, 0.1) is 11.8 Å². The van der Waals surface area contributed by atoms with Crippen LogP contribution in [0.2, 0.25) is 0 Å². The highest BCUT2D eigenvalue weighted by atomic mass is 35.5. The third-order valence-electron chi connectivity index (χ3n) is 5.68. The van der Waals surface area contributed by atoms with Gasteiger partial charge in [-0.3, -0.25) is 9.78 Å². The fourth-order valence-electron chi connectivity index (χ4n) is 4.48. The van der Waals surface area contributed by atoms with Crippen LogP contribution in [0.3, 0.4) is 0 Å². The number of carbonyl (C=O) groups is 1. The van der Waals surface area contributed by atoms with Gasteiger partial charge in [0.15, 0.2) is 0 Å². The van der Waals surface area contributed by atoms with E-state index in [4.69, 9.17) is 10.3 Å². The minimum absolute atomic E-state index is 0. The van der Waals surface area contributed by atoms with Gasteiger partial charge in [-0.05, 0) is 49.7 Å². The van der Waals surface area contributed by atoms with Crippen molar-refractivity contribution in [1.29, 1.82) is 0 Å². The summed E-state index contributed by atoms with van der Waals surface area (Å²) in [6.45, 7) is 0. The van der Waals surface area contributed by atoms with Gasteiger partial charge in [0.25, 0.3) is 0 Å². The number of carbonyl (C=O) groups excluding carboxylic acids is 1. The Morgan fingerprint density at radius 2 is 1.86 bits per heavy atom. The fourth-order valence-corrected chi connectivity index (χ4v) is 4.48. The molecule has 154 valence electrons. The Bertz CT molecular complexity index is 744. The number of nitrogens with zero attached hydrogens (tertiary/aromatic N) is 3. The van der Waals surface area contributed by atoms with E-state index >= 15 is 0 Å². The number of nitrogens with one attached hydrogen (secondary N) is 1. The molecule has 2 fully saturated rings. The molecule has 2 unspecified atom stereocenters. The zero-order valence-corrected chi connectivity index (χ0v) is 17.3. The lowest BCUT2D eigenvalue weighted by atomic mass is 9.67. The van der Waals surface area contributed by atoms with Crippen molar-refractivity contribution in [3.63, 3.8) is 0 Å². The van der Waals surface area contributed by atoms with Crippen molar-refractivity contribution in [3.8, 4) is 11.4 Å². The molecule has 9 heteroatoms. The van der Waals surface area contributed by atoms with E-state index in [9.17, 15) is 4.79 Å². The van der Waals surface area contributed by atoms with Gasteiger partial charge in [-0.15, -0.1) is 24.8 Å². The average Bonchev–Trinajstić information content (AvgIpc) is 3.11. The summed E-state index contributed by atoms with van der Waals surface area (Å²) in [5, 5.41) is 7.23. The first-order valence-electron chi connectivity index (χ1n) is 9.47. The van der Waals surface area contributed by atoms with E-state index in [0.717, 1.165) is 18.4 Å². The van der Waals surface area contributed by atoms with Gasteiger partial charge < -0.3 is 15.6 Å². The molecule has 3 N–H and O–H groups in total. The molecule has 1 amide bonds. The number of nitrogens with two attached hydrogens (primary N) is 1. The zero-order valence-electron chi connectivity index (χ0n) is 15.6. The van der Waals surface area contributed by atoms with Gasteiger partial charge in [0.05, 0.1) is 0 Å². The minimum atomic E-state index is 0. The average molecular weight is 428 g/mol. The molecule has 7 nitrogen and oxygen atoms in total. The Hall–Kier alpha value is -1.70. The van der Waals surface area contributed by atoms with Crippen molar-refractivity contribution >= 4 is 30.7 Å². The highest BCUT2D eigenvalue weighted by Crippen LogP contribution is 2.39. The number of fused-ring (bicyclic) bond motifs is 2. The van der Waals surface area contributed by atoms with Crippen LogP contribution in [0.5, 0.6) is 0 Å². The molecule has 2 aliphatic carbocycles. The van der Waals surface area contributed by atoms with E-state index in [1.165, 1.54) is 19.3 Å². The Kier molecular flexibility index (Phi) is 8.22. The van der Waals surface area contributed by atoms with Crippen LogP contribution in [0.4, 0.5) is 0 Å². The second-order valence-electron chi connectivity index (χ2n) is 7.52. The normalized spacial score (nSPS) is 25.9. The number of rotatable bonds is 5. The van der Waals surface area contributed by atoms with E-state index < -0.39 is 0 Å². The quantitative estimate of drug-likeness (QED) is 0.759. The summed E-state index contributed by atoms with van der Waals surface area (Å²) < 4.78 is 5.27. The first-order valence-corrected chi connectivity index (χ1v) is 9.47. The maximum absolute atomic E-state index is 12.4. The van der Waals surface area contributed by atoms with Crippen molar-refractivity contribution in [2.24, 2.45) is 17.6 Å². The first kappa shape index (κ1) is 22.6. The highest BCUT2D eigenvalue weighted by molar-refractivity contribution is 5.85. The maximum atomic E-state index is 12.4. The lowest BCUT2D eigenvalue weighted by Crippen LogP contribution is -2.53. The predicted molar refractivity (Wildman–Crippen MR) is 110 cm³/mol. The van der Waals surface area contributed by atoms with Gasteiger partial charge in [0, 0.05) is 42.9 Å². The van der Waals surface area contributed by atoms with E-state index in [-0.39, 0.29) is 36.8 Å². The molecule has 0 radical (unpaired) electrons. The van der Waals surface area contributed by atoms with E-state index in [0.29, 0.717) is 42.4 Å². The topological polar surface area (TPSA) is 107 Å². The summed E-state index contributed by atoms with van der Waals surface area (Å²) in [5.74, 6) is 2.13. The number of aryl methyl sites for hydroxylation is 1. The van der Waals surface area contributed by atoms with Crippen molar-refractivity contribution in [2.75, 3.05) is 0 Å². The summed E-state index contributed by atoms with van der Waals surface area (Å²) in [4.78, 5) is 20.8. The Labute approximate surface area is 177 Å². The van der Waals surface area contributed by atoms with Crippen molar-refractivity contribution in [2.45, 2.75) is 57.0 Å². The standard InChI is InChI=1S/C19H25N5O2.2ClH/c20-15-10-13-2-1-3-14(11-15)18(13)22-16(25)4-5-17-23-19(24-26-17)12-6-8-21-9-7-12;;/h6-9,13-15,18H,1-5,10-11,20H2,(H,22,25);2*1H. The van der Waals surface area contributed by atoms with Crippen LogP contribution in [0.25, 0.3) is 11.4 Å². The summed E-state index contributed by atoms with van der Waals surface area (Å²) >= 11 is 0. The van der Waals surface area contributed by atoms with Crippen LogP contribution < -0.4 is 11.1 Å². The van der Waals surface area contributed by atoms with Crippen LogP contribution in [0.15, 0.2) is 29.0 Å². The minimum Gasteiger partial charge on any atom is -0.353 e. The van der Waals surface area contributed by atoms with E-state index in [1.54, 1.807) is 12.4 Å². The SMILES string of the molecule is Cl.Cl.NC1CC2CCCC(C1)C2NC(=O)CCc1nc(-c2ccncc2)no1. The van der Waals surface area contributed by atoms with Crippen LogP contribution in [0.1, 0.15) is 44.4 Å². The van der Waals surface area contributed by atoms with Crippen LogP contribution in [-0.4, -0.2) is 33.1 Å². The number of amides is 1. The van der Waals surface area contributed by atoms with Crippen molar-refractivity contribution in [1.82, 2.24) is 20.4 Å². The van der Waals surface area contributed by atoms with Gasteiger partial charge in [0.2, 0.25) is 17.6 Å². The molecule has 0 spiro atoms. The third kappa shape index (κ3) is 5.21. The Morgan fingerprint density at radius 3 is 2.54 bits per heavy atom. The predicted octanol–water partition coefficient (Wildman–Crippen LogP) is 2.93. The van der Waals surface area contributed by atoms with Crippen molar-refractivity contribution in [3.05, 3.63) is 30.4 Å². The molecular formula is C19H27Cl2N5O2. The summed E-state index contributed by atoms with van der Waals surface area (Å²) in [6.07, 6.45) is 9.85. The van der Waals surface area contributed by atoms with Crippen LogP contribution >= 0.6 is 24.8 Å². The van der Waals surface area contributed by atoms with Gasteiger partial charge >= 0.3 is 0 Å². The smallest absolute Gasteiger partial charge is 0.227 e. The summed E-state index contributed by atoms with van der Waals surface area (Å²) in [7, 11) is 0. The van der Waals surface area contributed by atoms with Gasteiger partial charge in [0.1, 0.15) is 0 Å². The first-order chi connectivity index (χ1) is 12.7. The number of pyridine rings is 1. The Morgan fingerprint density at radius 1 is 1.18 bits per heavy atom. The molecule has 2 atom stereocenters. The largest absolute Gasteiger partial charge is 0.353 e. The molecule has 2 bridgehead atoms. The van der Waals surface area contributed by atoms with Gasteiger partial charge in [-0.1, -0.05) is 11.6 Å². The van der Waals surface area contributed by atoms with Crippen LogP contribution in [-0.2, 0) is 11.2 Å². The molecule has 2 saturated carbocycles. The highest BCUT2D eigenvalue weighted by Gasteiger charge is 2.39. The molecule has 0 aliphatic heterocycles. The maximum Gasteiger partial charge on any atom is 0.227 e. The molecular weight excluding hydrogens is 401 g/mol. The molecule has 0 aromatic carbocycles. The second-order valence-corrected chi connectivity index (χ2v) is 7.52. The number of halogens is 2. The lowest BCUT2D eigenvalue weighted by molar-refractivity contribution is -0.123. The van der Waals surface area contributed by atoms with Gasteiger partial charge in [-0.25, -0.2) is 0 Å². The van der Waals surface area contributed by atoms with E-state index in [1.807, 2.05) is 12.1 Å².